The first-order chi connectivity index (χ1) is 14.4. The van der Waals surface area contributed by atoms with Crippen molar-refractivity contribution in [1.29, 1.82) is 0 Å². The molecule has 4 N–H and O–H groups in total. The highest BCUT2D eigenvalue weighted by molar-refractivity contribution is 14.0. The van der Waals surface area contributed by atoms with Gasteiger partial charge in [-0.15, -0.1) is 24.0 Å². The number of guanidine groups is 1. The Hall–Kier alpha value is -2.57. The average molecular weight is 548 g/mol. The summed E-state index contributed by atoms with van der Waals surface area (Å²) in [6, 6.07) is 9.88. The molecular formula is C20H24F3IN6O. The number of carbonyl (C=O) groups is 1. The van der Waals surface area contributed by atoms with E-state index in [9.17, 15) is 18.0 Å². The molecule has 0 aliphatic carbocycles. The SMILES string of the molecule is CN=C(NCCNc1ncccc1C(F)(F)F)NCC1CC(=O)Nc2ccccc21.I. The summed E-state index contributed by atoms with van der Waals surface area (Å²) in [7, 11) is 1.60. The van der Waals surface area contributed by atoms with E-state index in [2.05, 4.69) is 31.2 Å². The summed E-state index contributed by atoms with van der Waals surface area (Å²) in [6.45, 7) is 1.04. The highest BCUT2D eigenvalue weighted by Gasteiger charge is 2.34. The van der Waals surface area contributed by atoms with E-state index in [1.54, 1.807) is 7.05 Å². The maximum atomic E-state index is 13.0. The number of fused-ring (bicyclic) bond motifs is 1. The molecule has 1 aliphatic heterocycles. The number of hydrogen-bond donors (Lipinski definition) is 4. The van der Waals surface area contributed by atoms with Crippen molar-refractivity contribution in [1.82, 2.24) is 15.6 Å². The molecule has 0 fully saturated rings. The fraction of sp³-hybridized carbons (Fsp3) is 0.350. The maximum Gasteiger partial charge on any atom is 0.419 e. The number of rotatable bonds is 6. The Morgan fingerprint density at radius 2 is 1.97 bits per heavy atom. The number of para-hydroxylation sites is 1. The first-order valence-corrected chi connectivity index (χ1v) is 9.48. The Kier molecular flexibility index (Phi) is 8.89. The number of benzene rings is 1. The molecule has 0 saturated carbocycles. The van der Waals surface area contributed by atoms with Crippen LogP contribution in [-0.2, 0) is 11.0 Å². The smallest absolute Gasteiger partial charge is 0.368 e. The molecule has 2 aromatic rings. The lowest BCUT2D eigenvalue weighted by Gasteiger charge is -2.26. The summed E-state index contributed by atoms with van der Waals surface area (Å²) in [4.78, 5) is 19.8. The van der Waals surface area contributed by atoms with E-state index in [1.165, 1.54) is 12.3 Å². The van der Waals surface area contributed by atoms with Crippen LogP contribution < -0.4 is 21.3 Å². The quantitative estimate of drug-likeness (QED) is 0.192. The first-order valence-electron chi connectivity index (χ1n) is 9.48. The number of anilines is 2. The van der Waals surface area contributed by atoms with Gasteiger partial charge in [0.25, 0.3) is 0 Å². The molecule has 11 heteroatoms. The van der Waals surface area contributed by atoms with Crippen molar-refractivity contribution in [3.8, 4) is 0 Å². The maximum absolute atomic E-state index is 13.0. The lowest BCUT2D eigenvalue weighted by atomic mass is 9.90. The van der Waals surface area contributed by atoms with Crippen LogP contribution in [-0.4, -0.2) is 43.5 Å². The van der Waals surface area contributed by atoms with Gasteiger partial charge in [0, 0.05) is 50.9 Å². The van der Waals surface area contributed by atoms with E-state index >= 15 is 0 Å². The average Bonchev–Trinajstić information content (AvgIpc) is 2.72. The van der Waals surface area contributed by atoms with Gasteiger partial charge in [-0.05, 0) is 23.8 Å². The Labute approximate surface area is 195 Å². The van der Waals surface area contributed by atoms with Gasteiger partial charge < -0.3 is 21.3 Å². The van der Waals surface area contributed by atoms with Gasteiger partial charge in [-0.2, -0.15) is 13.2 Å². The second kappa shape index (κ2) is 11.2. The normalized spacial score (nSPS) is 15.9. The lowest BCUT2D eigenvalue weighted by molar-refractivity contribution is -0.137. The van der Waals surface area contributed by atoms with Gasteiger partial charge >= 0.3 is 6.18 Å². The minimum Gasteiger partial charge on any atom is -0.368 e. The van der Waals surface area contributed by atoms with Gasteiger partial charge in [-0.1, -0.05) is 18.2 Å². The van der Waals surface area contributed by atoms with Gasteiger partial charge in [-0.25, -0.2) is 4.98 Å². The standard InChI is InChI=1S/C20H23F3N6O.HI/c1-24-19(27-10-9-26-18-15(20(21,22)23)6-4-8-25-18)28-12-13-11-17(30)29-16-7-3-2-5-14(13)16;/h2-8,13H,9-12H2,1H3,(H,25,26)(H,29,30)(H2,24,27,28);1H. The Balaban J connectivity index is 0.00000341. The largest absolute Gasteiger partial charge is 0.419 e. The van der Waals surface area contributed by atoms with Crippen LogP contribution in [0.3, 0.4) is 0 Å². The molecule has 1 amide bonds. The molecule has 1 aromatic heterocycles. The van der Waals surface area contributed by atoms with Crippen LogP contribution in [0, 0.1) is 0 Å². The molecular weight excluding hydrogens is 524 g/mol. The molecule has 3 rings (SSSR count). The summed E-state index contributed by atoms with van der Waals surface area (Å²) < 4.78 is 39.0. The molecule has 0 saturated heterocycles. The molecule has 31 heavy (non-hydrogen) atoms. The number of pyridine rings is 1. The van der Waals surface area contributed by atoms with Crippen molar-refractivity contribution in [2.24, 2.45) is 4.99 Å². The third-order valence-electron chi connectivity index (χ3n) is 4.67. The second-order valence-corrected chi connectivity index (χ2v) is 6.74. The van der Waals surface area contributed by atoms with E-state index < -0.39 is 11.7 Å². The molecule has 7 nitrogen and oxygen atoms in total. The number of hydrogen-bond acceptors (Lipinski definition) is 4. The van der Waals surface area contributed by atoms with Gasteiger partial charge in [-0.3, -0.25) is 9.79 Å². The Morgan fingerprint density at radius 1 is 1.19 bits per heavy atom. The Bertz CT molecular complexity index is 922. The number of halogens is 4. The van der Waals surface area contributed by atoms with Crippen LogP contribution in [0.2, 0.25) is 0 Å². The second-order valence-electron chi connectivity index (χ2n) is 6.74. The summed E-state index contributed by atoms with van der Waals surface area (Å²) in [5.74, 6) is 0.245. The monoisotopic (exact) mass is 548 g/mol. The summed E-state index contributed by atoms with van der Waals surface area (Å²) in [5, 5.41) is 11.8. The molecule has 1 aliphatic rings. The van der Waals surface area contributed by atoms with Crippen molar-refractivity contribution in [2.45, 2.75) is 18.5 Å². The van der Waals surface area contributed by atoms with Gasteiger partial charge in [0.05, 0.1) is 5.56 Å². The molecule has 2 heterocycles. The van der Waals surface area contributed by atoms with Gasteiger partial charge in [0.15, 0.2) is 5.96 Å². The van der Waals surface area contributed by atoms with Crippen molar-refractivity contribution in [3.63, 3.8) is 0 Å². The number of alkyl halides is 3. The third-order valence-corrected chi connectivity index (χ3v) is 4.67. The molecule has 1 aromatic carbocycles. The van der Waals surface area contributed by atoms with E-state index in [-0.39, 0.29) is 48.2 Å². The van der Waals surface area contributed by atoms with Gasteiger partial charge in [0.1, 0.15) is 5.82 Å². The van der Waals surface area contributed by atoms with Crippen molar-refractivity contribution < 1.29 is 18.0 Å². The fourth-order valence-corrected chi connectivity index (χ4v) is 3.26. The van der Waals surface area contributed by atoms with Crippen LogP contribution in [0.5, 0.6) is 0 Å². The van der Waals surface area contributed by atoms with Gasteiger partial charge in [0.2, 0.25) is 5.91 Å². The van der Waals surface area contributed by atoms with E-state index in [0.717, 1.165) is 17.3 Å². The summed E-state index contributed by atoms with van der Waals surface area (Å²) in [6.07, 6.45) is -2.80. The topological polar surface area (TPSA) is 90.4 Å². The summed E-state index contributed by atoms with van der Waals surface area (Å²) >= 11 is 0. The zero-order valence-electron chi connectivity index (χ0n) is 16.8. The minimum absolute atomic E-state index is 0. The van der Waals surface area contributed by atoms with Crippen LogP contribution in [0.25, 0.3) is 0 Å². The highest BCUT2D eigenvalue weighted by atomic mass is 127. The summed E-state index contributed by atoms with van der Waals surface area (Å²) in [5.41, 5.74) is 1.06. The van der Waals surface area contributed by atoms with Crippen LogP contribution in [0.15, 0.2) is 47.6 Å². The highest BCUT2D eigenvalue weighted by Crippen LogP contribution is 2.33. The first kappa shape index (κ1) is 24.7. The number of nitrogens with zero attached hydrogens (tertiary/aromatic N) is 2. The van der Waals surface area contributed by atoms with E-state index in [4.69, 9.17) is 0 Å². The van der Waals surface area contributed by atoms with Crippen molar-refractivity contribution >= 4 is 47.3 Å². The zero-order chi connectivity index (χ0) is 21.6. The fourth-order valence-electron chi connectivity index (χ4n) is 3.26. The predicted octanol–water partition coefficient (Wildman–Crippen LogP) is 3.42. The molecule has 168 valence electrons. The number of amides is 1. The number of aliphatic imine (C=N–C) groups is 1. The lowest BCUT2D eigenvalue weighted by Crippen LogP contribution is -2.42. The van der Waals surface area contributed by atoms with Crippen LogP contribution in [0.4, 0.5) is 24.7 Å². The zero-order valence-corrected chi connectivity index (χ0v) is 19.1. The van der Waals surface area contributed by atoms with Crippen LogP contribution >= 0.6 is 24.0 Å². The van der Waals surface area contributed by atoms with Crippen molar-refractivity contribution in [3.05, 3.63) is 53.7 Å². The number of aromatic nitrogens is 1. The molecule has 1 atom stereocenters. The molecule has 1 unspecified atom stereocenters. The minimum atomic E-state index is -4.47. The van der Waals surface area contributed by atoms with Crippen molar-refractivity contribution in [2.75, 3.05) is 37.3 Å². The predicted molar refractivity (Wildman–Crippen MR) is 125 cm³/mol. The molecule has 0 radical (unpaired) electrons. The van der Waals surface area contributed by atoms with Crippen LogP contribution in [0.1, 0.15) is 23.5 Å². The van der Waals surface area contributed by atoms with E-state index in [0.29, 0.717) is 25.5 Å². The third kappa shape index (κ3) is 6.71. The Morgan fingerprint density at radius 3 is 2.71 bits per heavy atom. The van der Waals surface area contributed by atoms with E-state index in [1.807, 2.05) is 24.3 Å². The number of carbonyl (C=O) groups excluding carboxylic acids is 1. The molecule has 0 spiro atoms. The molecule has 0 bridgehead atoms. The number of nitrogens with one attached hydrogen (secondary N) is 4.